The van der Waals surface area contributed by atoms with Gasteiger partial charge in [0.2, 0.25) is 12.4 Å². The molecule has 0 spiro atoms. The quantitative estimate of drug-likeness (QED) is 0.239. The van der Waals surface area contributed by atoms with Crippen molar-refractivity contribution in [3.8, 4) is 17.2 Å². The molecule has 0 unspecified atom stereocenters. The molecule has 1 heterocycles. The summed E-state index contributed by atoms with van der Waals surface area (Å²) in [5.74, 6) is -3.85. The molecule has 5 atom stereocenters. The van der Waals surface area contributed by atoms with Gasteiger partial charge < -0.3 is 38.6 Å². The van der Waals surface area contributed by atoms with Crippen molar-refractivity contribution in [1.29, 1.82) is 0 Å². The molecule has 2 N–H and O–H groups in total. The van der Waals surface area contributed by atoms with Gasteiger partial charge in [-0.05, 0) is 29.8 Å². The minimum absolute atomic E-state index is 0.00744. The number of hydrogen-bond acceptors (Lipinski definition) is 13. The van der Waals surface area contributed by atoms with E-state index in [0.717, 1.165) is 33.8 Å². The van der Waals surface area contributed by atoms with Crippen molar-refractivity contribution in [2.45, 2.75) is 64.8 Å². The summed E-state index contributed by atoms with van der Waals surface area (Å²) in [5, 5.41) is 20.0. The number of carbonyl (C=O) groups excluding carboxylic acids is 5. The molecule has 220 valence electrons. The Morgan fingerprint density at radius 1 is 0.756 bits per heavy atom. The maximum atomic E-state index is 12.8. The Morgan fingerprint density at radius 3 is 1.90 bits per heavy atom. The SMILES string of the molecule is CC(=O)OC[C@@H]1O[C@@H](Oc2ccc(C(=O)Cc3ccc(O)cc3)c(O)c2)[C@@H](OC(C)=O)[C@@H](OC(C)=O)[C@@H]1OC(C)=O. The molecule has 41 heavy (non-hydrogen) atoms. The third-order valence-electron chi connectivity index (χ3n) is 5.77. The number of ether oxygens (including phenoxy) is 6. The molecule has 0 aromatic heterocycles. The number of aromatic hydroxyl groups is 2. The molecule has 1 aliphatic heterocycles. The van der Waals surface area contributed by atoms with Gasteiger partial charge in [-0.1, -0.05) is 12.1 Å². The average molecular weight is 575 g/mol. The molecule has 1 saturated heterocycles. The van der Waals surface area contributed by atoms with E-state index in [1.807, 2.05) is 0 Å². The van der Waals surface area contributed by atoms with Gasteiger partial charge in [-0.15, -0.1) is 0 Å². The number of Topliss-reactive ketones (excluding diaryl/α,β-unsaturated/α-hetero) is 1. The van der Waals surface area contributed by atoms with E-state index in [1.165, 1.54) is 24.3 Å². The molecule has 0 saturated carbocycles. The molecule has 13 heteroatoms. The summed E-state index contributed by atoms with van der Waals surface area (Å²) in [6.45, 7) is 4.00. The first-order chi connectivity index (χ1) is 19.3. The molecule has 3 rings (SSSR count). The summed E-state index contributed by atoms with van der Waals surface area (Å²) < 4.78 is 32.8. The van der Waals surface area contributed by atoms with Gasteiger partial charge in [-0.3, -0.25) is 24.0 Å². The Hall–Kier alpha value is -4.65. The van der Waals surface area contributed by atoms with Crippen LogP contribution in [0, 0.1) is 0 Å². The number of ketones is 1. The Kier molecular flexibility index (Phi) is 10.3. The number of benzene rings is 2. The second-order valence-electron chi connectivity index (χ2n) is 9.13. The van der Waals surface area contributed by atoms with Crippen LogP contribution in [0.1, 0.15) is 43.6 Å². The highest BCUT2D eigenvalue weighted by Gasteiger charge is 2.53. The van der Waals surface area contributed by atoms with Gasteiger partial charge in [0, 0.05) is 40.2 Å². The van der Waals surface area contributed by atoms with Crippen LogP contribution in [0.15, 0.2) is 42.5 Å². The minimum atomic E-state index is -1.51. The Morgan fingerprint density at radius 2 is 1.34 bits per heavy atom. The van der Waals surface area contributed by atoms with Crippen molar-refractivity contribution in [1.82, 2.24) is 0 Å². The highest BCUT2D eigenvalue weighted by Crippen LogP contribution is 2.33. The van der Waals surface area contributed by atoms with E-state index in [4.69, 9.17) is 28.4 Å². The first-order valence-corrected chi connectivity index (χ1v) is 12.4. The molecule has 2 aromatic rings. The fourth-order valence-corrected chi connectivity index (χ4v) is 4.13. The van der Waals surface area contributed by atoms with Crippen LogP contribution >= 0.6 is 0 Å². The van der Waals surface area contributed by atoms with E-state index >= 15 is 0 Å². The van der Waals surface area contributed by atoms with Crippen molar-refractivity contribution < 1.29 is 62.6 Å². The molecule has 2 aromatic carbocycles. The Bertz CT molecular complexity index is 1290. The lowest BCUT2D eigenvalue weighted by atomic mass is 9.98. The molecular formula is C28H30O13. The Labute approximate surface area is 234 Å². The number of phenols is 2. The van der Waals surface area contributed by atoms with Gasteiger partial charge in [0.15, 0.2) is 18.0 Å². The third kappa shape index (κ3) is 8.67. The lowest BCUT2D eigenvalue weighted by molar-refractivity contribution is -0.288. The molecule has 1 aliphatic rings. The van der Waals surface area contributed by atoms with Crippen molar-refractivity contribution in [2.75, 3.05) is 6.61 Å². The lowest BCUT2D eigenvalue weighted by Gasteiger charge is -2.43. The van der Waals surface area contributed by atoms with Gasteiger partial charge in [-0.2, -0.15) is 0 Å². The molecule has 0 amide bonds. The second kappa shape index (κ2) is 13.6. The second-order valence-corrected chi connectivity index (χ2v) is 9.13. The van der Waals surface area contributed by atoms with Crippen LogP contribution in [0.25, 0.3) is 0 Å². The first kappa shape index (κ1) is 30.9. The molecule has 0 bridgehead atoms. The summed E-state index contributed by atoms with van der Waals surface area (Å²) >= 11 is 0. The number of carbonyl (C=O) groups is 5. The van der Waals surface area contributed by atoms with Gasteiger partial charge in [0.05, 0.1) is 5.56 Å². The van der Waals surface area contributed by atoms with E-state index in [1.54, 1.807) is 12.1 Å². The van der Waals surface area contributed by atoms with Crippen LogP contribution in [0.3, 0.4) is 0 Å². The lowest BCUT2D eigenvalue weighted by Crippen LogP contribution is -2.63. The number of phenolic OH excluding ortho intramolecular Hbond substituents is 2. The van der Waals surface area contributed by atoms with E-state index in [2.05, 4.69) is 0 Å². The zero-order valence-corrected chi connectivity index (χ0v) is 22.7. The van der Waals surface area contributed by atoms with Crippen LogP contribution in [0.2, 0.25) is 0 Å². The highest BCUT2D eigenvalue weighted by atomic mass is 16.7. The highest BCUT2D eigenvalue weighted by molar-refractivity contribution is 6.00. The smallest absolute Gasteiger partial charge is 0.303 e. The van der Waals surface area contributed by atoms with Crippen LogP contribution in [-0.2, 0) is 49.3 Å². The summed E-state index contributed by atoms with van der Waals surface area (Å²) in [4.78, 5) is 60.0. The summed E-state index contributed by atoms with van der Waals surface area (Å²) in [6, 6.07) is 9.84. The maximum Gasteiger partial charge on any atom is 0.303 e. The molecule has 13 nitrogen and oxygen atoms in total. The minimum Gasteiger partial charge on any atom is -0.508 e. The average Bonchev–Trinajstić information content (AvgIpc) is 2.87. The van der Waals surface area contributed by atoms with Crippen LogP contribution in [0.5, 0.6) is 17.2 Å². The van der Waals surface area contributed by atoms with E-state index in [0.29, 0.717) is 5.56 Å². The van der Waals surface area contributed by atoms with Gasteiger partial charge in [0.25, 0.3) is 0 Å². The van der Waals surface area contributed by atoms with Gasteiger partial charge in [-0.25, -0.2) is 0 Å². The van der Waals surface area contributed by atoms with Crippen LogP contribution < -0.4 is 4.74 Å². The van der Waals surface area contributed by atoms with Crippen molar-refractivity contribution in [2.24, 2.45) is 0 Å². The normalized spacial score (nSPS) is 21.7. The van der Waals surface area contributed by atoms with Crippen molar-refractivity contribution in [3.63, 3.8) is 0 Å². The monoisotopic (exact) mass is 574 g/mol. The number of rotatable bonds is 10. The zero-order valence-electron chi connectivity index (χ0n) is 22.7. The van der Waals surface area contributed by atoms with Gasteiger partial charge in [0.1, 0.15) is 30.0 Å². The molecular weight excluding hydrogens is 544 g/mol. The number of hydrogen-bond donors (Lipinski definition) is 2. The fraction of sp³-hybridized carbons (Fsp3) is 0.393. The summed E-state index contributed by atoms with van der Waals surface area (Å²) in [6.07, 6.45) is -7.02. The standard InChI is InChI=1S/C28H30O13/c1-14(29)36-13-24-25(37-15(2)30)26(38-16(3)31)27(39-17(4)32)28(41-24)40-20-9-10-21(23(35)12-20)22(34)11-18-5-7-19(33)8-6-18/h5-10,12,24-28,33,35H,11,13H2,1-4H3/t24-,25+,26-,27-,28+/m0/s1. The fourth-order valence-electron chi connectivity index (χ4n) is 4.13. The predicted molar refractivity (Wildman–Crippen MR) is 137 cm³/mol. The van der Waals surface area contributed by atoms with E-state index < -0.39 is 72.7 Å². The van der Waals surface area contributed by atoms with E-state index in [9.17, 15) is 34.2 Å². The van der Waals surface area contributed by atoms with Gasteiger partial charge >= 0.3 is 23.9 Å². The maximum absolute atomic E-state index is 12.8. The van der Waals surface area contributed by atoms with Crippen molar-refractivity contribution in [3.05, 3.63) is 53.6 Å². The number of esters is 4. The summed E-state index contributed by atoms with van der Waals surface area (Å²) in [5.41, 5.74) is 0.608. The summed E-state index contributed by atoms with van der Waals surface area (Å²) in [7, 11) is 0. The van der Waals surface area contributed by atoms with E-state index in [-0.39, 0.29) is 23.5 Å². The van der Waals surface area contributed by atoms with Crippen LogP contribution in [-0.4, -0.2) is 77.2 Å². The molecule has 0 aliphatic carbocycles. The zero-order chi connectivity index (χ0) is 30.3. The first-order valence-electron chi connectivity index (χ1n) is 12.4. The van der Waals surface area contributed by atoms with Crippen molar-refractivity contribution >= 4 is 29.7 Å². The largest absolute Gasteiger partial charge is 0.508 e. The predicted octanol–water partition coefficient (Wildman–Crippen LogP) is 1.99. The third-order valence-corrected chi connectivity index (χ3v) is 5.77. The van der Waals surface area contributed by atoms with Crippen LogP contribution in [0.4, 0.5) is 0 Å². The topological polar surface area (TPSA) is 181 Å². The molecule has 0 radical (unpaired) electrons. The Balaban J connectivity index is 1.90. The molecule has 1 fully saturated rings.